The van der Waals surface area contributed by atoms with Gasteiger partial charge in [0.25, 0.3) is 0 Å². The van der Waals surface area contributed by atoms with Gasteiger partial charge < -0.3 is 15.4 Å². The Morgan fingerprint density at radius 3 is 2.37 bits per heavy atom. The van der Waals surface area contributed by atoms with Crippen LogP contribution in [0.4, 0.5) is 5.69 Å². The summed E-state index contributed by atoms with van der Waals surface area (Å²) in [5.41, 5.74) is 0.630. The molecule has 1 atom stereocenters. The third-order valence-electron chi connectivity index (χ3n) is 4.90. The van der Waals surface area contributed by atoms with Crippen molar-refractivity contribution < 1.29 is 14.3 Å². The first-order chi connectivity index (χ1) is 13.1. The zero-order valence-corrected chi connectivity index (χ0v) is 16.2. The summed E-state index contributed by atoms with van der Waals surface area (Å²) >= 11 is 6.07. The van der Waals surface area contributed by atoms with E-state index in [1.54, 1.807) is 12.1 Å². The molecular weight excluding hydrogens is 368 g/mol. The fraction of sp³-hybridized carbons (Fsp3) is 0.579. The van der Waals surface area contributed by atoms with Crippen molar-refractivity contribution in [2.45, 2.75) is 18.9 Å². The maximum absolute atomic E-state index is 12.2. The molecule has 0 saturated carbocycles. The molecule has 0 spiro atoms. The summed E-state index contributed by atoms with van der Waals surface area (Å²) in [6.45, 7) is 5.17. The van der Waals surface area contributed by atoms with E-state index in [0.29, 0.717) is 30.3 Å². The topological polar surface area (TPSA) is 73.9 Å². The van der Waals surface area contributed by atoms with E-state index in [4.69, 9.17) is 16.3 Å². The van der Waals surface area contributed by atoms with Crippen LogP contribution in [0.2, 0.25) is 5.02 Å². The molecule has 1 aromatic carbocycles. The fourth-order valence-corrected chi connectivity index (χ4v) is 3.54. The number of nitrogens with zero attached hydrogens (tertiary/aromatic N) is 2. The molecule has 2 saturated heterocycles. The smallest absolute Gasteiger partial charge is 0.238 e. The molecule has 0 radical (unpaired) electrons. The van der Waals surface area contributed by atoms with E-state index in [1.165, 1.54) is 0 Å². The van der Waals surface area contributed by atoms with Crippen molar-refractivity contribution in [2.75, 3.05) is 57.7 Å². The summed E-state index contributed by atoms with van der Waals surface area (Å²) < 4.78 is 5.51. The first kappa shape index (κ1) is 20.1. The Bertz CT molecular complexity index is 644. The van der Waals surface area contributed by atoms with Crippen molar-refractivity contribution in [1.29, 1.82) is 0 Å². The molecule has 2 aliphatic rings. The van der Waals surface area contributed by atoms with E-state index >= 15 is 0 Å². The van der Waals surface area contributed by atoms with Gasteiger partial charge in [-0.2, -0.15) is 0 Å². The maximum Gasteiger partial charge on any atom is 0.238 e. The molecule has 2 aliphatic heterocycles. The highest BCUT2D eigenvalue weighted by Crippen LogP contribution is 2.20. The molecule has 0 aromatic heterocycles. The number of halogens is 1. The summed E-state index contributed by atoms with van der Waals surface area (Å²) in [5.74, 6) is -0.0405. The summed E-state index contributed by atoms with van der Waals surface area (Å²) in [6.07, 6.45) is 2.27. The van der Waals surface area contributed by atoms with E-state index in [9.17, 15) is 9.59 Å². The average molecular weight is 395 g/mol. The fourth-order valence-electron chi connectivity index (χ4n) is 3.35. The third-order valence-corrected chi connectivity index (χ3v) is 5.23. The van der Waals surface area contributed by atoms with Crippen LogP contribution in [0, 0.1) is 0 Å². The van der Waals surface area contributed by atoms with Crippen LogP contribution >= 0.6 is 11.6 Å². The van der Waals surface area contributed by atoms with Crippen molar-refractivity contribution in [3.63, 3.8) is 0 Å². The molecule has 2 N–H and O–H groups in total. The number of hydrogen-bond acceptors (Lipinski definition) is 5. The molecular formula is C19H27ClN4O3. The zero-order chi connectivity index (χ0) is 19.1. The molecule has 2 fully saturated rings. The number of carbonyl (C=O) groups excluding carboxylic acids is 2. The Balaban J connectivity index is 1.33. The van der Waals surface area contributed by atoms with Gasteiger partial charge in [0, 0.05) is 39.3 Å². The van der Waals surface area contributed by atoms with Crippen LogP contribution < -0.4 is 10.6 Å². The van der Waals surface area contributed by atoms with Gasteiger partial charge in [-0.1, -0.05) is 23.7 Å². The summed E-state index contributed by atoms with van der Waals surface area (Å²) in [7, 11) is 0. The molecule has 1 aromatic rings. The van der Waals surface area contributed by atoms with E-state index in [1.807, 2.05) is 12.1 Å². The first-order valence-electron chi connectivity index (χ1n) is 9.47. The van der Waals surface area contributed by atoms with Gasteiger partial charge in [0.05, 0.1) is 29.9 Å². The number of rotatable bonds is 7. The Hall–Kier alpha value is -1.67. The van der Waals surface area contributed by atoms with Gasteiger partial charge in [0.2, 0.25) is 11.8 Å². The van der Waals surface area contributed by atoms with Crippen molar-refractivity contribution in [3.8, 4) is 0 Å². The highest BCUT2D eigenvalue weighted by Gasteiger charge is 2.22. The minimum atomic E-state index is -0.0779. The van der Waals surface area contributed by atoms with Crippen LogP contribution in [0.15, 0.2) is 24.3 Å². The lowest BCUT2D eigenvalue weighted by molar-refractivity contribution is -0.124. The lowest BCUT2D eigenvalue weighted by Crippen LogP contribution is -2.51. The molecule has 0 unspecified atom stereocenters. The number of nitrogens with one attached hydrogen (secondary N) is 2. The van der Waals surface area contributed by atoms with E-state index < -0.39 is 0 Å². The number of hydrogen-bond donors (Lipinski definition) is 2. The Labute approximate surface area is 165 Å². The van der Waals surface area contributed by atoms with Crippen LogP contribution in [0.3, 0.4) is 0 Å². The van der Waals surface area contributed by atoms with Gasteiger partial charge in [-0.25, -0.2) is 0 Å². The van der Waals surface area contributed by atoms with Crippen molar-refractivity contribution in [3.05, 3.63) is 29.3 Å². The van der Waals surface area contributed by atoms with Crippen molar-refractivity contribution >= 4 is 29.1 Å². The lowest BCUT2D eigenvalue weighted by Gasteiger charge is -2.33. The highest BCUT2D eigenvalue weighted by molar-refractivity contribution is 6.33. The van der Waals surface area contributed by atoms with Gasteiger partial charge >= 0.3 is 0 Å². The number of benzene rings is 1. The van der Waals surface area contributed by atoms with E-state index in [0.717, 1.165) is 45.6 Å². The molecule has 0 aliphatic carbocycles. The molecule has 7 nitrogen and oxygen atoms in total. The normalized spacial score (nSPS) is 21.1. The Morgan fingerprint density at radius 2 is 1.74 bits per heavy atom. The van der Waals surface area contributed by atoms with Crippen LogP contribution in [0.5, 0.6) is 0 Å². The van der Waals surface area contributed by atoms with Crippen LogP contribution in [-0.2, 0) is 14.3 Å². The zero-order valence-electron chi connectivity index (χ0n) is 15.5. The van der Waals surface area contributed by atoms with Gasteiger partial charge in [-0.3, -0.25) is 19.4 Å². The number of para-hydroxylation sites is 1. The van der Waals surface area contributed by atoms with Crippen molar-refractivity contribution in [2.24, 2.45) is 0 Å². The maximum atomic E-state index is 12.2. The summed E-state index contributed by atoms with van der Waals surface area (Å²) in [4.78, 5) is 28.5. The number of ether oxygens (including phenoxy) is 1. The van der Waals surface area contributed by atoms with E-state index in [-0.39, 0.29) is 17.9 Å². The molecule has 2 amide bonds. The Kier molecular flexibility index (Phi) is 7.46. The molecule has 148 valence electrons. The second kappa shape index (κ2) is 10.0. The van der Waals surface area contributed by atoms with Gasteiger partial charge in [0.15, 0.2) is 0 Å². The molecule has 27 heavy (non-hydrogen) atoms. The van der Waals surface area contributed by atoms with Crippen LogP contribution in [-0.4, -0.2) is 80.1 Å². The monoisotopic (exact) mass is 394 g/mol. The van der Waals surface area contributed by atoms with Gasteiger partial charge in [-0.05, 0) is 25.0 Å². The number of anilines is 1. The average Bonchev–Trinajstić information content (AvgIpc) is 3.17. The largest absolute Gasteiger partial charge is 0.376 e. The molecule has 2 heterocycles. The quantitative estimate of drug-likeness (QED) is 0.726. The lowest BCUT2D eigenvalue weighted by atomic mass is 10.2. The second-order valence-electron chi connectivity index (χ2n) is 7.02. The summed E-state index contributed by atoms with van der Waals surface area (Å²) in [6, 6.07) is 7.20. The Morgan fingerprint density at radius 1 is 1.07 bits per heavy atom. The van der Waals surface area contributed by atoms with Crippen molar-refractivity contribution in [1.82, 2.24) is 15.1 Å². The molecule has 3 rings (SSSR count). The second-order valence-corrected chi connectivity index (χ2v) is 7.43. The minimum Gasteiger partial charge on any atom is -0.376 e. The molecule has 8 heteroatoms. The summed E-state index contributed by atoms with van der Waals surface area (Å²) in [5, 5.41) is 6.33. The predicted octanol–water partition coefficient (Wildman–Crippen LogP) is 1.19. The first-order valence-corrected chi connectivity index (χ1v) is 9.85. The highest BCUT2D eigenvalue weighted by atomic mass is 35.5. The standard InChI is InChI=1S/C19H27ClN4O3/c20-16-5-1-2-6-17(16)22-19(26)14-24-9-7-23(8-10-24)13-18(25)21-12-15-4-3-11-27-15/h1-2,5-6,15H,3-4,7-14H2,(H,21,25)(H,22,26)/t15-/m0/s1. The molecule has 0 bridgehead atoms. The van der Waals surface area contributed by atoms with Crippen LogP contribution in [0.1, 0.15) is 12.8 Å². The number of piperazine rings is 1. The van der Waals surface area contributed by atoms with Crippen LogP contribution in [0.25, 0.3) is 0 Å². The third kappa shape index (κ3) is 6.46. The van der Waals surface area contributed by atoms with Gasteiger partial charge in [-0.15, -0.1) is 0 Å². The minimum absolute atomic E-state index is 0.0374. The number of amides is 2. The number of carbonyl (C=O) groups is 2. The SMILES string of the molecule is O=C(CN1CCN(CC(=O)Nc2ccccc2Cl)CC1)NC[C@@H]1CCCO1. The van der Waals surface area contributed by atoms with Gasteiger partial charge in [0.1, 0.15) is 0 Å². The van der Waals surface area contributed by atoms with E-state index in [2.05, 4.69) is 20.4 Å². The predicted molar refractivity (Wildman–Crippen MR) is 105 cm³/mol.